The largest absolute Gasteiger partial charge is 0.407 e. The highest BCUT2D eigenvalue weighted by Crippen LogP contribution is 2.22. The van der Waals surface area contributed by atoms with Crippen LogP contribution < -0.4 is 4.72 Å². The van der Waals surface area contributed by atoms with Gasteiger partial charge in [-0.15, -0.1) is 0 Å². The lowest BCUT2D eigenvalue weighted by atomic mass is 10.3. The first-order valence-electron chi connectivity index (χ1n) is 4.59. The van der Waals surface area contributed by atoms with Gasteiger partial charge in [0.15, 0.2) is 5.95 Å². The number of rotatable bonds is 4. The van der Waals surface area contributed by atoms with Gasteiger partial charge in [-0.25, -0.2) is 8.42 Å². The normalized spacial score (nSPS) is 14.8. The van der Waals surface area contributed by atoms with Crippen molar-refractivity contribution in [1.82, 2.24) is 9.29 Å². The van der Waals surface area contributed by atoms with Crippen molar-refractivity contribution in [3.05, 3.63) is 18.2 Å². The Bertz CT molecular complexity index is 503. The van der Waals surface area contributed by atoms with Crippen molar-refractivity contribution in [1.29, 1.82) is 0 Å². The summed E-state index contributed by atoms with van der Waals surface area (Å²) in [5, 5.41) is 8.51. The second-order valence-corrected chi connectivity index (χ2v) is 5.22. The molecule has 0 aromatic carbocycles. The van der Waals surface area contributed by atoms with Crippen LogP contribution in [0.3, 0.4) is 0 Å². The van der Waals surface area contributed by atoms with E-state index in [1.807, 2.05) is 0 Å². The van der Waals surface area contributed by atoms with Gasteiger partial charge >= 0.3 is 6.18 Å². The minimum Gasteiger partial charge on any atom is -0.394 e. The number of halogens is 4. The van der Waals surface area contributed by atoms with E-state index in [2.05, 4.69) is 0 Å². The van der Waals surface area contributed by atoms with Crippen LogP contribution in [0.15, 0.2) is 17.2 Å². The van der Waals surface area contributed by atoms with Gasteiger partial charge in [0, 0.05) is 19.3 Å². The maximum atomic E-state index is 12.9. The monoisotopic (exact) mass is 290 g/mol. The van der Waals surface area contributed by atoms with Crippen molar-refractivity contribution in [2.75, 3.05) is 6.61 Å². The van der Waals surface area contributed by atoms with E-state index in [0.717, 1.165) is 10.8 Å². The fourth-order valence-electron chi connectivity index (χ4n) is 1.12. The summed E-state index contributed by atoms with van der Waals surface area (Å²) in [5.41, 5.74) is 0. The number of alkyl halides is 3. The van der Waals surface area contributed by atoms with E-state index in [-0.39, 0.29) is 0 Å². The Morgan fingerprint density at radius 1 is 1.50 bits per heavy atom. The average molecular weight is 290 g/mol. The van der Waals surface area contributed by atoms with Crippen LogP contribution in [0.25, 0.3) is 0 Å². The number of nitrogens with one attached hydrogen (secondary N) is 1. The highest BCUT2D eigenvalue weighted by atomic mass is 32.2. The van der Waals surface area contributed by atoms with Crippen molar-refractivity contribution in [2.45, 2.75) is 17.1 Å². The van der Waals surface area contributed by atoms with Gasteiger partial charge in [-0.05, 0) is 0 Å². The number of nitrogens with zero attached hydrogens (tertiary/aromatic N) is 1. The average Bonchev–Trinajstić information content (AvgIpc) is 2.55. The fourth-order valence-corrected chi connectivity index (χ4v) is 2.39. The standard InChI is InChI=1S/C8H10F4N2O3S/c1-14-3-5(2-7(14)9)18(16,17)13-6(4-15)8(10,11)12/h2-3,6,13,15H,4H2,1H3. The Labute approximate surface area is 100 Å². The molecule has 1 aromatic heterocycles. The van der Waals surface area contributed by atoms with E-state index < -0.39 is 39.7 Å². The van der Waals surface area contributed by atoms with Gasteiger partial charge in [-0.2, -0.15) is 22.3 Å². The van der Waals surface area contributed by atoms with Crippen LogP contribution in [0.1, 0.15) is 0 Å². The molecule has 10 heteroatoms. The maximum Gasteiger partial charge on any atom is 0.407 e. The summed E-state index contributed by atoms with van der Waals surface area (Å²) in [4.78, 5) is -0.648. The van der Waals surface area contributed by atoms with Crippen LogP contribution in [-0.4, -0.2) is 36.9 Å². The second-order valence-electron chi connectivity index (χ2n) is 3.51. The molecule has 0 amide bonds. The number of aryl methyl sites for hydroxylation is 1. The number of aliphatic hydroxyl groups excluding tert-OH is 1. The lowest BCUT2D eigenvalue weighted by Crippen LogP contribution is -2.47. The van der Waals surface area contributed by atoms with Gasteiger partial charge in [0.25, 0.3) is 0 Å². The third kappa shape index (κ3) is 3.21. The highest BCUT2D eigenvalue weighted by Gasteiger charge is 2.42. The summed E-state index contributed by atoms with van der Waals surface area (Å²) in [7, 11) is -3.35. The van der Waals surface area contributed by atoms with Crippen LogP contribution in [0.4, 0.5) is 17.6 Å². The SMILES string of the molecule is Cn1cc(S(=O)(=O)NC(CO)C(F)(F)F)cc1F. The van der Waals surface area contributed by atoms with Crippen molar-refractivity contribution in [3.63, 3.8) is 0 Å². The van der Waals surface area contributed by atoms with Gasteiger partial charge < -0.3 is 9.67 Å². The van der Waals surface area contributed by atoms with Crippen LogP contribution >= 0.6 is 0 Å². The first-order chi connectivity index (χ1) is 8.08. The molecule has 1 rings (SSSR count). The second kappa shape index (κ2) is 4.86. The molecule has 1 aromatic rings. The first-order valence-corrected chi connectivity index (χ1v) is 6.08. The number of hydrogen-bond donors (Lipinski definition) is 2. The molecule has 0 fully saturated rings. The third-order valence-electron chi connectivity index (χ3n) is 2.10. The fraction of sp³-hybridized carbons (Fsp3) is 0.500. The van der Waals surface area contributed by atoms with E-state index in [0.29, 0.717) is 6.07 Å². The Hall–Kier alpha value is -1.13. The zero-order valence-electron chi connectivity index (χ0n) is 9.07. The number of aromatic nitrogens is 1. The summed E-state index contributed by atoms with van der Waals surface area (Å²) < 4.78 is 74.9. The smallest absolute Gasteiger partial charge is 0.394 e. The molecule has 0 bridgehead atoms. The molecule has 1 atom stereocenters. The summed E-state index contributed by atoms with van der Waals surface area (Å²) in [6, 6.07) is -2.06. The van der Waals surface area contributed by atoms with Gasteiger partial charge in [0.05, 0.1) is 6.61 Å². The maximum absolute atomic E-state index is 12.9. The van der Waals surface area contributed by atoms with Gasteiger partial charge in [0.2, 0.25) is 10.0 Å². The predicted molar refractivity (Wildman–Crippen MR) is 52.6 cm³/mol. The molecule has 1 unspecified atom stereocenters. The molecule has 0 saturated carbocycles. The molecule has 0 saturated heterocycles. The number of hydrogen-bond acceptors (Lipinski definition) is 3. The molecule has 0 spiro atoms. The highest BCUT2D eigenvalue weighted by molar-refractivity contribution is 7.89. The predicted octanol–water partition coefficient (Wildman–Crippen LogP) is 0.366. The summed E-state index contributed by atoms with van der Waals surface area (Å²) >= 11 is 0. The first kappa shape index (κ1) is 14.9. The molecule has 104 valence electrons. The van der Waals surface area contributed by atoms with Gasteiger partial charge in [-0.3, -0.25) is 0 Å². The molecular formula is C8H10F4N2O3S. The molecule has 1 heterocycles. The summed E-state index contributed by atoms with van der Waals surface area (Å²) in [5.74, 6) is -0.914. The molecule has 0 aliphatic carbocycles. The van der Waals surface area contributed by atoms with Gasteiger partial charge in [0.1, 0.15) is 10.9 Å². The van der Waals surface area contributed by atoms with E-state index in [4.69, 9.17) is 5.11 Å². The topological polar surface area (TPSA) is 71.3 Å². The van der Waals surface area contributed by atoms with Crippen LogP contribution in [0.2, 0.25) is 0 Å². The zero-order chi connectivity index (χ0) is 14.1. The van der Waals surface area contributed by atoms with Crippen LogP contribution in [0, 0.1) is 5.95 Å². The Morgan fingerprint density at radius 2 is 2.06 bits per heavy atom. The van der Waals surface area contributed by atoms with E-state index in [9.17, 15) is 26.0 Å². The molecular weight excluding hydrogens is 280 g/mol. The van der Waals surface area contributed by atoms with Crippen molar-refractivity contribution < 1.29 is 31.1 Å². The lowest BCUT2D eigenvalue weighted by Gasteiger charge is -2.18. The number of sulfonamides is 1. The molecule has 0 aliphatic rings. The Balaban J connectivity index is 3.01. The Morgan fingerprint density at radius 3 is 2.39 bits per heavy atom. The quantitative estimate of drug-likeness (QED) is 0.787. The molecule has 2 N–H and O–H groups in total. The van der Waals surface area contributed by atoms with Crippen molar-refractivity contribution in [3.8, 4) is 0 Å². The zero-order valence-corrected chi connectivity index (χ0v) is 9.89. The van der Waals surface area contributed by atoms with E-state index in [1.54, 1.807) is 0 Å². The van der Waals surface area contributed by atoms with Crippen molar-refractivity contribution >= 4 is 10.0 Å². The minimum absolute atomic E-state index is 0.577. The Kier molecular flexibility index (Phi) is 4.03. The third-order valence-corrected chi connectivity index (χ3v) is 3.54. The molecule has 5 nitrogen and oxygen atoms in total. The van der Waals surface area contributed by atoms with Gasteiger partial charge in [-0.1, -0.05) is 0 Å². The molecule has 0 aliphatic heterocycles. The number of aliphatic hydroxyl groups is 1. The minimum atomic E-state index is -4.94. The molecule has 18 heavy (non-hydrogen) atoms. The van der Waals surface area contributed by atoms with E-state index >= 15 is 0 Å². The van der Waals surface area contributed by atoms with Crippen LogP contribution in [0.5, 0.6) is 0 Å². The van der Waals surface area contributed by atoms with Crippen LogP contribution in [-0.2, 0) is 17.1 Å². The lowest BCUT2D eigenvalue weighted by molar-refractivity contribution is -0.158. The summed E-state index contributed by atoms with van der Waals surface area (Å²) in [6.07, 6.45) is -4.11. The van der Waals surface area contributed by atoms with Crippen molar-refractivity contribution in [2.24, 2.45) is 7.05 Å². The molecule has 0 radical (unpaired) electrons. The summed E-state index contributed by atoms with van der Waals surface area (Å²) in [6.45, 7) is -1.45. The van der Waals surface area contributed by atoms with E-state index in [1.165, 1.54) is 11.8 Å².